The highest BCUT2D eigenvalue weighted by Crippen LogP contribution is 2.37. The summed E-state index contributed by atoms with van der Waals surface area (Å²) in [5, 5.41) is 0.365. The Morgan fingerprint density at radius 1 is 1.05 bits per heavy atom. The Labute approximate surface area is 118 Å². The van der Waals surface area contributed by atoms with Crippen LogP contribution in [0.2, 0.25) is 5.02 Å². The number of alkyl halides is 3. The highest BCUT2D eigenvalue weighted by atomic mass is 35.5. The lowest BCUT2D eigenvalue weighted by atomic mass is 10.2. The molecule has 2 aromatic rings. The first-order chi connectivity index (χ1) is 9.27. The zero-order valence-corrected chi connectivity index (χ0v) is 11.2. The van der Waals surface area contributed by atoms with Gasteiger partial charge >= 0.3 is 6.18 Å². The van der Waals surface area contributed by atoms with Crippen LogP contribution in [0.5, 0.6) is 11.5 Å². The van der Waals surface area contributed by atoms with Gasteiger partial charge in [0.05, 0.1) is 16.3 Å². The number of halogens is 4. The average Bonchev–Trinajstić information content (AvgIpc) is 2.33. The van der Waals surface area contributed by atoms with Crippen molar-refractivity contribution in [1.82, 2.24) is 0 Å². The molecule has 2 N–H and O–H groups in total. The van der Waals surface area contributed by atoms with Gasteiger partial charge in [-0.25, -0.2) is 0 Å². The number of nitrogens with two attached hydrogens (primary N) is 1. The molecule has 20 heavy (non-hydrogen) atoms. The molecule has 0 atom stereocenters. The SMILES string of the molecule is Cc1ccc(Oc2ccc(C(F)(F)F)cc2N)c(Cl)c1. The third kappa shape index (κ3) is 3.17. The lowest BCUT2D eigenvalue weighted by Gasteiger charge is -2.13. The fraction of sp³-hybridized carbons (Fsp3) is 0.143. The molecule has 0 radical (unpaired) electrons. The molecule has 0 aromatic heterocycles. The maximum absolute atomic E-state index is 12.5. The van der Waals surface area contributed by atoms with E-state index in [9.17, 15) is 13.2 Å². The van der Waals surface area contributed by atoms with Gasteiger partial charge in [-0.2, -0.15) is 13.2 Å². The Morgan fingerprint density at radius 3 is 2.25 bits per heavy atom. The zero-order valence-electron chi connectivity index (χ0n) is 10.5. The molecular weight excluding hydrogens is 291 g/mol. The van der Waals surface area contributed by atoms with Crippen molar-refractivity contribution in [1.29, 1.82) is 0 Å². The Balaban J connectivity index is 2.30. The van der Waals surface area contributed by atoms with Crippen molar-refractivity contribution in [3.05, 3.63) is 52.5 Å². The van der Waals surface area contributed by atoms with Crippen LogP contribution < -0.4 is 10.5 Å². The van der Waals surface area contributed by atoms with Crippen LogP contribution in [0.4, 0.5) is 18.9 Å². The van der Waals surface area contributed by atoms with Crippen LogP contribution in [0.3, 0.4) is 0 Å². The Morgan fingerprint density at radius 2 is 1.70 bits per heavy atom. The summed E-state index contributed by atoms with van der Waals surface area (Å²) in [6, 6.07) is 8.02. The van der Waals surface area contributed by atoms with Gasteiger partial charge in [0.2, 0.25) is 0 Å². The van der Waals surface area contributed by atoms with Gasteiger partial charge in [0, 0.05) is 0 Å². The van der Waals surface area contributed by atoms with Gasteiger partial charge in [-0.1, -0.05) is 17.7 Å². The molecule has 106 valence electrons. The van der Waals surface area contributed by atoms with Gasteiger partial charge in [-0.3, -0.25) is 0 Å². The van der Waals surface area contributed by atoms with Crippen molar-refractivity contribution in [3.8, 4) is 11.5 Å². The van der Waals surface area contributed by atoms with Crippen molar-refractivity contribution in [2.45, 2.75) is 13.1 Å². The highest BCUT2D eigenvalue weighted by Gasteiger charge is 2.31. The molecule has 0 saturated carbocycles. The molecule has 0 spiro atoms. The molecule has 2 nitrogen and oxygen atoms in total. The summed E-state index contributed by atoms with van der Waals surface area (Å²) < 4.78 is 43.0. The predicted molar refractivity (Wildman–Crippen MR) is 72.1 cm³/mol. The minimum absolute atomic E-state index is 0.100. The second-order valence-electron chi connectivity index (χ2n) is 4.29. The van der Waals surface area contributed by atoms with Gasteiger partial charge in [0.25, 0.3) is 0 Å². The molecule has 2 aromatic carbocycles. The van der Waals surface area contributed by atoms with Crippen LogP contribution in [0.15, 0.2) is 36.4 Å². The topological polar surface area (TPSA) is 35.2 Å². The smallest absolute Gasteiger partial charge is 0.416 e. The van der Waals surface area contributed by atoms with Crippen LogP contribution >= 0.6 is 11.6 Å². The van der Waals surface area contributed by atoms with E-state index in [4.69, 9.17) is 22.1 Å². The number of anilines is 1. The monoisotopic (exact) mass is 301 g/mol. The molecule has 0 saturated heterocycles. The lowest BCUT2D eigenvalue weighted by molar-refractivity contribution is -0.137. The average molecular weight is 302 g/mol. The van der Waals surface area contributed by atoms with E-state index in [-0.39, 0.29) is 11.4 Å². The summed E-state index contributed by atoms with van der Waals surface area (Å²) in [7, 11) is 0. The standard InChI is InChI=1S/C14H11ClF3NO/c1-8-2-4-12(10(15)6-8)20-13-5-3-9(7-11(13)19)14(16,17)18/h2-7H,19H2,1H3. The quantitative estimate of drug-likeness (QED) is 0.789. The first-order valence-corrected chi connectivity index (χ1v) is 6.06. The number of hydrogen-bond donors (Lipinski definition) is 1. The molecular formula is C14H11ClF3NO. The van der Waals surface area contributed by atoms with Crippen LogP contribution in [0, 0.1) is 6.92 Å². The predicted octanol–water partition coefficient (Wildman–Crippen LogP) is 5.04. The van der Waals surface area contributed by atoms with E-state index in [2.05, 4.69) is 0 Å². The summed E-state index contributed by atoms with van der Waals surface area (Å²) in [6.07, 6.45) is -4.44. The third-order valence-corrected chi connectivity index (χ3v) is 2.94. The van der Waals surface area contributed by atoms with Crippen LogP contribution in [0.25, 0.3) is 0 Å². The summed E-state index contributed by atoms with van der Waals surface area (Å²) in [5.41, 5.74) is 5.60. The molecule has 0 bridgehead atoms. The molecule has 0 unspecified atom stereocenters. The maximum atomic E-state index is 12.5. The van der Waals surface area contributed by atoms with E-state index in [0.29, 0.717) is 10.8 Å². The maximum Gasteiger partial charge on any atom is 0.416 e. The molecule has 6 heteroatoms. The number of benzene rings is 2. The van der Waals surface area contributed by atoms with E-state index in [1.165, 1.54) is 6.07 Å². The number of hydrogen-bond acceptors (Lipinski definition) is 2. The molecule has 0 aliphatic heterocycles. The second kappa shape index (κ2) is 5.25. The van der Waals surface area contributed by atoms with E-state index in [1.807, 2.05) is 6.92 Å². The number of rotatable bonds is 2. The summed E-state index contributed by atoms with van der Waals surface area (Å²) in [5.74, 6) is 0.465. The number of aryl methyl sites for hydroxylation is 1. The van der Waals surface area contributed by atoms with Gasteiger partial charge in [0.15, 0.2) is 0 Å². The summed E-state index contributed by atoms with van der Waals surface area (Å²) >= 11 is 5.99. The van der Waals surface area contributed by atoms with Crippen LogP contribution in [-0.4, -0.2) is 0 Å². The lowest BCUT2D eigenvalue weighted by Crippen LogP contribution is -2.06. The van der Waals surface area contributed by atoms with Crippen molar-refractivity contribution >= 4 is 17.3 Å². The van der Waals surface area contributed by atoms with Gasteiger partial charge < -0.3 is 10.5 Å². The fourth-order valence-corrected chi connectivity index (χ4v) is 1.90. The van der Waals surface area contributed by atoms with Crippen molar-refractivity contribution in [3.63, 3.8) is 0 Å². The van der Waals surface area contributed by atoms with Gasteiger partial charge in [-0.15, -0.1) is 0 Å². The minimum Gasteiger partial charge on any atom is -0.454 e. The summed E-state index contributed by atoms with van der Waals surface area (Å²) in [4.78, 5) is 0. The van der Waals surface area contributed by atoms with E-state index in [1.54, 1.807) is 18.2 Å². The Kier molecular flexibility index (Phi) is 3.81. The summed E-state index contributed by atoms with van der Waals surface area (Å²) in [6.45, 7) is 1.86. The normalized spacial score (nSPS) is 11.4. The van der Waals surface area contributed by atoms with Crippen molar-refractivity contribution in [2.75, 3.05) is 5.73 Å². The molecule has 0 fully saturated rings. The van der Waals surface area contributed by atoms with Gasteiger partial charge in [-0.05, 0) is 42.8 Å². The Bertz CT molecular complexity index is 641. The largest absolute Gasteiger partial charge is 0.454 e. The molecule has 0 heterocycles. The minimum atomic E-state index is -4.44. The van der Waals surface area contributed by atoms with E-state index < -0.39 is 11.7 Å². The first-order valence-electron chi connectivity index (χ1n) is 5.68. The third-order valence-electron chi connectivity index (χ3n) is 2.64. The van der Waals surface area contributed by atoms with E-state index >= 15 is 0 Å². The zero-order chi connectivity index (χ0) is 14.9. The first kappa shape index (κ1) is 14.5. The van der Waals surface area contributed by atoms with E-state index in [0.717, 1.165) is 17.7 Å². The fourth-order valence-electron chi connectivity index (χ4n) is 1.62. The van der Waals surface area contributed by atoms with Crippen molar-refractivity contribution < 1.29 is 17.9 Å². The number of ether oxygens (including phenoxy) is 1. The second-order valence-corrected chi connectivity index (χ2v) is 4.69. The van der Waals surface area contributed by atoms with Crippen molar-refractivity contribution in [2.24, 2.45) is 0 Å². The molecule has 2 rings (SSSR count). The van der Waals surface area contributed by atoms with Crippen LogP contribution in [-0.2, 0) is 6.18 Å². The van der Waals surface area contributed by atoms with Gasteiger partial charge in [0.1, 0.15) is 11.5 Å². The number of nitrogen functional groups attached to an aromatic ring is 1. The highest BCUT2D eigenvalue weighted by molar-refractivity contribution is 6.32. The molecule has 0 aliphatic rings. The Hall–Kier alpha value is -1.88. The molecule has 0 amide bonds. The van der Waals surface area contributed by atoms with Crippen LogP contribution in [0.1, 0.15) is 11.1 Å². The molecule has 0 aliphatic carbocycles.